The molecule has 1 saturated heterocycles. The van der Waals surface area contributed by atoms with Gasteiger partial charge in [0.15, 0.2) is 5.11 Å². The van der Waals surface area contributed by atoms with Gasteiger partial charge in [0.2, 0.25) is 0 Å². The van der Waals surface area contributed by atoms with Crippen LogP contribution in [0.2, 0.25) is 5.02 Å². The Morgan fingerprint density at radius 1 is 1.00 bits per heavy atom. The molecule has 6 nitrogen and oxygen atoms in total. The maximum atomic E-state index is 13.2. The number of anilines is 2. The van der Waals surface area contributed by atoms with Crippen LogP contribution in [0.4, 0.5) is 11.4 Å². The number of carbonyl (C=O) groups excluding carboxylic acids is 2. The number of aromatic nitrogens is 1. The van der Waals surface area contributed by atoms with E-state index < -0.39 is 11.8 Å². The first kappa shape index (κ1) is 20.8. The second kappa shape index (κ2) is 8.37. The highest BCUT2D eigenvalue weighted by molar-refractivity contribution is 7.80. The minimum absolute atomic E-state index is 0.0153. The monoisotopic (exact) mass is 450 g/mol. The number of nitrogens with one attached hydrogen (secondary N) is 1. The van der Waals surface area contributed by atoms with Gasteiger partial charge in [-0.1, -0.05) is 17.7 Å². The molecule has 0 unspecified atom stereocenters. The highest BCUT2D eigenvalue weighted by Gasteiger charge is 2.34. The Morgan fingerprint density at radius 3 is 2.42 bits per heavy atom. The number of benzene rings is 2. The Bertz CT molecular complexity index is 1210. The largest absolute Gasteiger partial charge is 0.378 e. The first-order valence-corrected chi connectivity index (χ1v) is 10.3. The fraction of sp³-hybridized carbons (Fsp3) is 0.0870. The Morgan fingerprint density at radius 2 is 1.74 bits per heavy atom. The zero-order valence-corrected chi connectivity index (χ0v) is 18.4. The lowest BCUT2D eigenvalue weighted by Gasteiger charge is -2.29. The van der Waals surface area contributed by atoms with E-state index in [4.69, 9.17) is 23.8 Å². The highest BCUT2D eigenvalue weighted by atomic mass is 35.5. The second-order valence-corrected chi connectivity index (χ2v) is 7.97. The van der Waals surface area contributed by atoms with E-state index in [1.807, 2.05) is 66.2 Å². The van der Waals surface area contributed by atoms with Crippen molar-refractivity contribution in [2.75, 3.05) is 23.9 Å². The maximum Gasteiger partial charge on any atom is 0.270 e. The van der Waals surface area contributed by atoms with Crippen molar-refractivity contribution in [1.82, 2.24) is 9.88 Å². The van der Waals surface area contributed by atoms with Crippen molar-refractivity contribution in [2.24, 2.45) is 0 Å². The minimum atomic E-state index is -0.538. The average molecular weight is 451 g/mol. The standard InChI is InChI=1S/C23H19ClN4O2S/c1-26(2)16-8-10-17(11-9-16)27-12-4-7-18(27)14-20-21(29)25-23(31)28(22(20)30)19-6-3-5-15(24)13-19/h3-14H,1-2H3,(H,25,29,31)/b20-14+. The third-order valence-corrected chi connectivity index (χ3v) is 5.40. The number of rotatable bonds is 4. The van der Waals surface area contributed by atoms with Crippen molar-refractivity contribution in [3.8, 4) is 5.69 Å². The number of carbonyl (C=O) groups is 2. The predicted molar refractivity (Wildman–Crippen MR) is 128 cm³/mol. The van der Waals surface area contributed by atoms with Gasteiger partial charge in [-0.05, 0) is 72.9 Å². The summed E-state index contributed by atoms with van der Waals surface area (Å²) < 4.78 is 1.91. The van der Waals surface area contributed by atoms with E-state index >= 15 is 0 Å². The molecule has 2 heterocycles. The molecule has 0 radical (unpaired) electrons. The third-order valence-electron chi connectivity index (χ3n) is 4.88. The molecule has 1 aliphatic heterocycles. The Balaban J connectivity index is 1.71. The normalized spacial score (nSPS) is 15.4. The van der Waals surface area contributed by atoms with Gasteiger partial charge in [0.1, 0.15) is 5.57 Å². The van der Waals surface area contributed by atoms with Crippen LogP contribution in [0.3, 0.4) is 0 Å². The van der Waals surface area contributed by atoms with Gasteiger partial charge in [0.05, 0.1) is 5.69 Å². The summed E-state index contributed by atoms with van der Waals surface area (Å²) in [7, 11) is 3.95. The van der Waals surface area contributed by atoms with Crippen LogP contribution in [0.15, 0.2) is 72.4 Å². The van der Waals surface area contributed by atoms with E-state index in [9.17, 15) is 9.59 Å². The molecule has 2 amide bonds. The van der Waals surface area contributed by atoms with Crippen LogP contribution < -0.4 is 15.1 Å². The highest BCUT2D eigenvalue weighted by Crippen LogP contribution is 2.25. The molecular formula is C23H19ClN4O2S. The van der Waals surface area contributed by atoms with Gasteiger partial charge in [0, 0.05) is 42.4 Å². The lowest BCUT2D eigenvalue weighted by molar-refractivity contribution is -0.122. The number of hydrogen-bond acceptors (Lipinski definition) is 4. The second-order valence-electron chi connectivity index (χ2n) is 7.15. The summed E-state index contributed by atoms with van der Waals surface area (Å²) >= 11 is 11.3. The fourth-order valence-electron chi connectivity index (χ4n) is 3.31. The van der Waals surface area contributed by atoms with Gasteiger partial charge in [0.25, 0.3) is 11.8 Å². The number of halogens is 1. The van der Waals surface area contributed by atoms with E-state index in [0.29, 0.717) is 16.4 Å². The molecular weight excluding hydrogens is 432 g/mol. The van der Waals surface area contributed by atoms with Gasteiger partial charge < -0.3 is 9.47 Å². The van der Waals surface area contributed by atoms with Gasteiger partial charge in [-0.25, -0.2) is 0 Å². The minimum Gasteiger partial charge on any atom is -0.378 e. The molecule has 0 saturated carbocycles. The van der Waals surface area contributed by atoms with Crippen LogP contribution in [0.25, 0.3) is 11.8 Å². The molecule has 1 fully saturated rings. The van der Waals surface area contributed by atoms with E-state index in [0.717, 1.165) is 11.4 Å². The summed E-state index contributed by atoms with van der Waals surface area (Å²) in [6.07, 6.45) is 3.44. The summed E-state index contributed by atoms with van der Waals surface area (Å²) in [4.78, 5) is 29.1. The van der Waals surface area contributed by atoms with Crippen LogP contribution >= 0.6 is 23.8 Å². The number of hydrogen-bond donors (Lipinski definition) is 1. The van der Waals surface area contributed by atoms with Crippen LogP contribution in [0.1, 0.15) is 5.69 Å². The quantitative estimate of drug-likeness (QED) is 0.370. The zero-order chi connectivity index (χ0) is 22.1. The molecule has 0 aliphatic carbocycles. The lowest BCUT2D eigenvalue weighted by atomic mass is 10.1. The number of nitrogens with zero attached hydrogens (tertiary/aromatic N) is 3. The van der Waals surface area contributed by atoms with Crippen molar-refractivity contribution in [1.29, 1.82) is 0 Å². The summed E-state index contributed by atoms with van der Waals surface area (Å²) in [5.41, 5.74) is 3.15. The first-order chi connectivity index (χ1) is 14.8. The van der Waals surface area contributed by atoms with Gasteiger partial charge in [-0.3, -0.25) is 19.8 Å². The Kier molecular flexibility index (Phi) is 5.63. The van der Waals surface area contributed by atoms with E-state index in [1.165, 1.54) is 4.90 Å². The Hall–Kier alpha value is -3.42. The molecule has 1 aliphatic rings. The van der Waals surface area contributed by atoms with Crippen LogP contribution in [0, 0.1) is 0 Å². The third kappa shape index (κ3) is 4.10. The molecule has 1 aromatic heterocycles. The van der Waals surface area contributed by atoms with Crippen LogP contribution in [-0.2, 0) is 9.59 Å². The van der Waals surface area contributed by atoms with Crippen molar-refractivity contribution in [3.05, 3.63) is 83.2 Å². The van der Waals surface area contributed by atoms with Crippen molar-refractivity contribution in [2.45, 2.75) is 0 Å². The molecule has 0 atom stereocenters. The number of thiocarbonyl (C=S) groups is 1. The molecule has 0 bridgehead atoms. The van der Waals surface area contributed by atoms with Crippen molar-refractivity contribution >= 4 is 58.2 Å². The topological polar surface area (TPSA) is 57.6 Å². The summed E-state index contributed by atoms with van der Waals surface area (Å²) in [5, 5.41) is 3.07. The molecule has 156 valence electrons. The van der Waals surface area contributed by atoms with Crippen molar-refractivity contribution < 1.29 is 9.59 Å². The summed E-state index contributed by atoms with van der Waals surface area (Å²) in [6, 6.07) is 18.4. The summed E-state index contributed by atoms with van der Waals surface area (Å²) in [5.74, 6) is -1.05. The predicted octanol–water partition coefficient (Wildman–Crippen LogP) is 4.03. The van der Waals surface area contributed by atoms with E-state index in [2.05, 4.69) is 5.32 Å². The molecule has 31 heavy (non-hydrogen) atoms. The summed E-state index contributed by atoms with van der Waals surface area (Å²) in [6.45, 7) is 0. The molecule has 8 heteroatoms. The first-order valence-electron chi connectivity index (χ1n) is 9.47. The van der Waals surface area contributed by atoms with Gasteiger partial charge in [-0.2, -0.15) is 0 Å². The lowest BCUT2D eigenvalue weighted by Crippen LogP contribution is -2.54. The van der Waals surface area contributed by atoms with E-state index in [1.54, 1.807) is 30.3 Å². The SMILES string of the molecule is CN(C)c1ccc(-n2cccc2/C=C2\C(=O)NC(=S)N(c3cccc(Cl)c3)C2=O)cc1. The van der Waals surface area contributed by atoms with Gasteiger partial charge in [-0.15, -0.1) is 0 Å². The smallest absolute Gasteiger partial charge is 0.270 e. The van der Waals surface area contributed by atoms with Crippen LogP contribution in [-0.4, -0.2) is 35.6 Å². The van der Waals surface area contributed by atoms with Crippen LogP contribution in [0.5, 0.6) is 0 Å². The molecule has 2 aromatic carbocycles. The van der Waals surface area contributed by atoms with Crippen molar-refractivity contribution in [3.63, 3.8) is 0 Å². The fourth-order valence-corrected chi connectivity index (χ4v) is 3.78. The maximum absolute atomic E-state index is 13.2. The Labute approximate surface area is 190 Å². The molecule has 4 rings (SSSR count). The van der Waals surface area contributed by atoms with Gasteiger partial charge >= 0.3 is 0 Å². The molecule has 0 spiro atoms. The average Bonchev–Trinajstić information content (AvgIpc) is 3.19. The molecule has 3 aromatic rings. The number of amides is 2. The zero-order valence-electron chi connectivity index (χ0n) is 16.9. The van der Waals surface area contributed by atoms with E-state index in [-0.39, 0.29) is 10.7 Å². The molecule has 1 N–H and O–H groups in total.